The van der Waals surface area contributed by atoms with E-state index in [-0.39, 0.29) is 0 Å². The molecular weight excluding hydrogens is 360 g/mol. The van der Waals surface area contributed by atoms with E-state index >= 15 is 0 Å². The fourth-order valence-corrected chi connectivity index (χ4v) is 4.63. The van der Waals surface area contributed by atoms with Crippen molar-refractivity contribution in [3.63, 3.8) is 0 Å². The number of pyridine rings is 1. The van der Waals surface area contributed by atoms with Gasteiger partial charge < -0.3 is 10.1 Å². The number of ether oxygens (including phenoxy) is 1. The van der Waals surface area contributed by atoms with E-state index in [4.69, 9.17) is 4.74 Å². The van der Waals surface area contributed by atoms with E-state index in [1.54, 1.807) is 0 Å². The number of rotatable bonds is 6. The molecule has 2 aromatic heterocycles. The molecule has 0 saturated heterocycles. The van der Waals surface area contributed by atoms with E-state index in [0.717, 1.165) is 37.4 Å². The predicted molar refractivity (Wildman–Crippen MR) is 113 cm³/mol. The number of hydrogen-bond donors (Lipinski definition) is 1. The Balaban J connectivity index is 1.31. The van der Waals surface area contributed by atoms with E-state index in [1.807, 2.05) is 35.3 Å². The highest BCUT2D eigenvalue weighted by Gasteiger charge is 2.25. The fourth-order valence-electron chi connectivity index (χ4n) is 4.63. The Bertz CT molecular complexity index is 947. The minimum Gasteiger partial charge on any atom is -0.490 e. The standard InChI is InChI=1S/C24H28N4O/c1-4-13-23(29-19-9-2-3-10-19)18(8-1)16-26-21-11-7-12-22-20(21)17-27-28(22)24-14-5-6-15-25-24/h1,4-6,8,13-15,17,19,21,26H,2-3,7,9-12,16H2/t21-/m1/s1. The highest BCUT2D eigenvalue weighted by molar-refractivity contribution is 5.35. The summed E-state index contributed by atoms with van der Waals surface area (Å²) in [7, 11) is 0. The summed E-state index contributed by atoms with van der Waals surface area (Å²) < 4.78 is 8.31. The zero-order valence-electron chi connectivity index (χ0n) is 16.8. The van der Waals surface area contributed by atoms with Crippen LogP contribution in [-0.2, 0) is 13.0 Å². The summed E-state index contributed by atoms with van der Waals surface area (Å²) in [5.74, 6) is 1.93. The molecule has 0 spiro atoms. The number of aromatic nitrogens is 3. The molecule has 0 amide bonds. The average Bonchev–Trinajstić information content (AvgIpc) is 3.44. The van der Waals surface area contributed by atoms with Gasteiger partial charge in [-0.15, -0.1) is 0 Å². The molecule has 1 fully saturated rings. The van der Waals surface area contributed by atoms with Crippen LogP contribution < -0.4 is 10.1 Å². The lowest BCUT2D eigenvalue weighted by Gasteiger charge is -2.25. The molecule has 29 heavy (non-hydrogen) atoms. The molecule has 5 heteroatoms. The molecule has 0 bridgehead atoms. The average molecular weight is 389 g/mol. The van der Waals surface area contributed by atoms with Crippen molar-refractivity contribution in [2.75, 3.05) is 0 Å². The minimum atomic E-state index is 0.316. The number of nitrogens with zero attached hydrogens (tertiary/aromatic N) is 3. The van der Waals surface area contributed by atoms with Crippen LogP contribution in [0.2, 0.25) is 0 Å². The van der Waals surface area contributed by atoms with Crippen LogP contribution in [0.5, 0.6) is 5.75 Å². The predicted octanol–water partition coefficient (Wildman–Crippen LogP) is 4.76. The van der Waals surface area contributed by atoms with Gasteiger partial charge in [-0.2, -0.15) is 5.10 Å². The number of hydrogen-bond acceptors (Lipinski definition) is 4. The maximum atomic E-state index is 6.31. The van der Waals surface area contributed by atoms with Crippen LogP contribution in [0.4, 0.5) is 0 Å². The van der Waals surface area contributed by atoms with Crippen LogP contribution in [0.25, 0.3) is 5.82 Å². The van der Waals surface area contributed by atoms with Gasteiger partial charge >= 0.3 is 0 Å². The van der Waals surface area contributed by atoms with Crippen molar-refractivity contribution in [3.05, 3.63) is 71.7 Å². The molecule has 5 nitrogen and oxygen atoms in total. The quantitative estimate of drug-likeness (QED) is 0.662. The Kier molecular flexibility index (Phi) is 5.31. The first kappa shape index (κ1) is 18.4. The lowest BCUT2D eigenvalue weighted by molar-refractivity contribution is 0.207. The molecule has 2 heterocycles. The van der Waals surface area contributed by atoms with Crippen molar-refractivity contribution in [3.8, 4) is 11.6 Å². The second kappa shape index (κ2) is 8.37. The third-order valence-electron chi connectivity index (χ3n) is 6.16. The van der Waals surface area contributed by atoms with Gasteiger partial charge in [0.05, 0.1) is 18.0 Å². The highest BCUT2D eigenvalue weighted by Crippen LogP contribution is 2.32. The SMILES string of the molecule is c1ccc(-n2ncc3c2CCC[C@H]3NCc2ccccc2OC2CCCC2)nc1. The summed E-state index contributed by atoms with van der Waals surface area (Å²) in [6, 6.07) is 14.7. The molecule has 0 unspecified atom stereocenters. The van der Waals surface area contributed by atoms with Crippen LogP contribution >= 0.6 is 0 Å². The van der Waals surface area contributed by atoms with Crippen LogP contribution in [0, 0.1) is 0 Å². The molecule has 150 valence electrons. The first-order valence-corrected chi connectivity index (χ1v) is 10.8. The van der Waals surface area contributed by atoms with Gasteiger partial charge in [0.1, 0.15) is 5.75 Å². The summed E-state index contributed by atoms with van der Waals surface area (Å²) in [5, 5.41) is 8.42. The number of fused-ring (bicyclic) bond motifs is 1. The summed E-state index contributed by atoms with van der Waals surface area (Å²) in [6.45, 7) is 0.807. The molecular formula is C24H28N4O. The Labute approximate surface area is 172 Å². The lowest BCUT2D eigenvalue weighted by atomic mass is 9.92. The van der Waals surface area contributed by atoms with Gasteiger partial charge in [-0.05, 0) is 63.1 Å². The largest absolute Gasteiger partial charge is 0.490 e. The van der Waals surface area contributed by atoms with Crippen molar-refractivity contribution in [2.45, 2.75) is 63.6 Å². The Morgan fingerprint density at radius 2 is 1.86 bits per heavy atom. The summed E-state index contributed by atoms with van der Waals surface area (Å²) >= 11 is 0. The van der Waals surface area contributed by atoms with Crippen molar-refractivity contribution >= 4 is 0 Å². The van der Waals surface area contributed by atoms with Gasteiger partial charge in [-0.3, -0.25) is 0 Å². The van der Waals surface area contributed by atoms with Crippen LogP contribution in [0.3, 0.4) is 0 Å². The molecule has 0 aliphatic heterocycles. The summed E-state index contributed by atoms with van der Waals surface area (Å²) in [6.07, 6.45) is 12.5. The molecule has 2 aliphatic rings. The van der Waals surface area contributed by atoms with Gasteiger partial charge in [0.2, 0.25) is 0 Å². The number of nitrogens with one attached hydrogen (secondary N) is 1. The first-order chi connectivity index (χ1) is 14.4. The van der Waals surface area contributed by atoms with Crippen LogP contribution in [0.15, 0.2) is 54.9 Å². The summed E-state index contributed by atoms with van der Waals surface area (Å²) in [4.78, 5) is 4.47. The van der Waals surface area contributed by atoms with Gasteiger partial charge in [0, 0.05) is 29.9 Å². The maximum Gasteiger partial charge on any atom is 0.153 e. The topological polar surface area (TPSA) is 52.0 Å². The van der Waals surface area contributed by atoms with E-state index in [1.165, 1.54) is 42.5 Å². The van der Waals surface area contributed by atoms with Crippen molar-refractivity contribution in [1.82, 2.24) is 20.1 Å². The molecule has 1 atom stereocenters. The van der Waals surface area contributed by atoms with Crippen molar-refractivity contribution in [2.24, 2.45) is 0 Å². The van der Waals surface area contributed by atoms with Crippen molar-refractivity contribution < 1.29 is 4.74 Å². The third-order valence-corrected chi connectivity index (χ3v) is 6.16. The molecule has 3 aromatic rings. The Morgan fingerprint density at radius 1 is 1.00 bits per heavy atom. The van der Waals surface area contributed by atoms with Crippen LogP contribution in [-0.4, -0.2) is 20.9 Å². The zero-order valence-corrected chi connectivity index (χ0v) is 16.8. The number of para-hydroxylation sites is 1. The monoisotopic (exact) mass is 388 g/mol. The fraction of sp³-hybridized carbons (Fsp3) is 0.417. The second-order valence-corrected chi connectivity index (χ2v) is 8.10. The Morgan fingerprint density at radius 3 is 2.72 bits per heavy atom. The molecule has 0 radical (unpaired) electrons. The van der Waals surface area contributed by atoms with Crippen molar-refractivity contribution in [1.29, 1.82) is 0 Å². The van der Waals surface area contributed by atoms with Gasteiger partial charge in [-0.1, -0.05) is 24.3 Å². The molecule has 5 rings (SSSR count). The second-order valence-electron chi connectivity index (χ2n) is 8.10. The van der Waals surface area contributed by atoms with Gasteiger partial charge in [-0.25, -0.2) is 9.67 Å². The Hall–Kier alpha value is -2.66. The lowest BCUT2D eigenvalue weighted by Crippen LogP contribution is -2.25. The molecule has 1 N–H and O–H groups in total. The smallest absolute Gasteiger partial charge is 0.153 e. The minimum absolute atomic E-state index is 0.316. The van der Waals surface area contributed by atoms with Crippen LogP contribution in [0.1, 0.15) is 61.4 Å². The zero-order chi connectivity index (χ0) is 19.5. The number of benzene rings is 1. The van der Waals surface area contributed by atoms with Gasteiger partial charge in [0.25, 0.3) is 0 Å². The van der Waals surface area contributed by atoms with E-state index in [0.29, 0.717) is 12.1 Å². The van der Waals surface area contributed by atoms with Gasteiger partial charge in [0.15, 0.2) is 5.82 Å². The molecule has 2 aliphatic carbocycles. The molecule has 1 aromatic carbocycles. The normalized spacial score (nSPS) is 19.2. The highest BCUT2D eigenvalue weighted by atomic mass is 16.5. The summed E-state index contributed by atoms with van der Waals surface area (Å²) in [5.41, 5.74) is 3.82. The molecule has 1 saturated carbocycles. The first-order valence-electron chi connectivity index (χ1n) is 10.8. The third kappa shape index (κ3) is 3.92. The van der Waals surface area contributed by atoms with E-state index < -0.39 is 0 Å². The van der Waals surface area contributed by atoms with E-state index in [9.17, 15) is 0 Å². The maximum absolute atomic E-state index is 6.31. The van der Waals surface area contributed by atoms with E-state index in [2.05, 4.69) is 39.7 Å².